The lowest BCUT2D eigenvalue weighted by molar-refractivity contribution is -0.113. The van der Waals surface area contributed by atoms with Gasteiger partial charge in [-0.1, -0.05) is 23.9 Å². The summed E-state index contributed by atoms with van der Waals surface area (Å²) in [5.74, 6) is -1.03. The Bertz CT molecular complexity index is 1250. The van der Waals surface area contributed by atoms with Crippen LogP contribution in [0.25, 0.3) is 10.2 Å². The summed E-state index contributed by atoms with van der Waals surface area (Å²) in [5, 5.41) is 4.86. The number of thiophene rings is 1. The fourth-order valence-electron chi connectivity index (χ4n) is 2.81. The van der Waals surface area contributed by atoms with E-state index in [2.05, 4.69) is 10.3 Å². The Morgan fingerprint density at radius 1 is 1.03 bits per heavy atom. The maximum atomic E-state index is 13.2. The number of hydrogen-bond donors (Lipinski definition) is 1. The summed E-state index contributed by atoms with van der Waals surface area (Å²) < 4.78 is 28.2. The Labute approximate surface area is 178 Å². The number of fused-ring (bicyclic) bond motifs is 1. The van der Waals surface area contributed by atoms with Crippen LogP contribution in [0.1, 0.15) is 5.56 Å². The van der Waals surface area contributed by atoms with Crippen LogP contribution in [0.2, 0.25) is 0 Å². The van der Waals surface area contributed by atoms with E-state index in [1.165, 1.54) is 52.3 Å². The van der Waals surface area contributed by atoms with E-state index < -0.39 is 0 Å². The number of carbonyl (C=O) groups is 1. The molecule has 0 radical (unpaired) electrons. The first kappa shape index (κ1) is 20.2. The monoisotopic (exact) mass is 443 g/mol. The van der Waals surface area contributed by atoms with Gasteiger partial charge in [-0.25, -0.2) is 13.8 Å². The molecule has 4 aromatic rings. The van der Waals surface area contributed by atoms with E-state index >= 15 is 0 Å². The highest BCUT2D eigenvalue weighted by atomic mass is 32.2. The molecule has 9 heteroatoms. The van der Waals surface area contributed by atoms with Crippen LogP contribution < -0.4 is 10.9 Å². The van der Waals surface area contributed by atoms with Crippen LogP contribution in [0.15, 0.2) is 69.9 Å². The molecule has 30 heavy (non-hydrogen) atoms. The highest BCUT2D eigenvalue weighted by molar-refractivity contribution is 7.99. The Kier molecular flexibility index (Phi) is 5.91. The number of benzene rings is 2. The average Bonchev–Trinajstić information content (AvgIpc) is 3.21. The lowest BCUT2D eigenvalue weighted by Crippen LogP contribution is -2.24. The SMILES string of the molecule is O=C(CSc1nc2ccsc2c(=O)n1Cc1ccc(F)cc1)Nc1ccc(F)cc1. The second kappa shape index (κ2) is 8.76. The molecular weight excluding hydrogens is 428 g/mol. The quantitative estimate of drug-likeness (QED) is 0.352. The molecule has 0 atom stereocenters. The largest absolute Gasteiger partial charge is 0.325 e. The molecule has 0 saturated heterocycles. The molecule has 0 fully saturated rings. The van der Waals surface area contributed by atoms with Gasteiger partial charge in [0.1, 0.15) is 16.3 Å². The minimum Gasteiger partial charge on any atom is -0.325 e. The van der Waals surface area contributed by atoms with E-state index in [1.807, 2.05) is 0 Å². The van der Waals surface area contributed by atoms with Gasteiger partial charge < -0.3 is 5.32 Å². The van der Waals surface area contributed by atoms with E-state index in [9.17, 15) is 18.4 Å². The van der Waals surface area contributed by atoms with Crippen LogP contribution in [0.4, 0.5) is 14.5 Å². The van der Waals surface area contributed by atoms with Gasteiger partial charge in [-0.05, 0) is 53.4 Å². The van der Waals surface area contributed by atoms with Gasteiger partial charge in [0.15, 0.2) is 5.16 Å². The topological polar surface area (TPSA) is 64.0 Å². The highest BCUT2D eigenvalue weighted by Crippen LogP contribution is 2.22. The molecule has 0 saturated carbocycles. The Morgan fingerprint density at radius 2 is 1.70 bits per heavy atom. The number of nitrogens with zero attached hydrogens (tertiary/aromatic N) is 2. The van der Waals surface area contributed by atoms with Gasteiger partial charge in [-0.3, -0.25) is 14.2 Å². The Balaban J connectivity index is 1.57. The summed E-state index contributed by atoms with van der Waals surface area (Å²) in [7, 11) is 0. The summed E-state index contributed by atoms with van der Waals surface area (Å²) >= 11 is 2.43. The number of anilines is 1. The number of amides is 1. The maximum Gasteiger partial charge on any atom is 0.272 e. The first-order valence-electron chi connectivity index (χ1n) is 8.90. The molecule has 2 aromatic heterocycles. The number of carbonyl (C=O) groups excluding carboxylic acids is 1. The lowest BCUT2D eigenvalue weighted by atomic mass is 10.2. The zero-order chi connectivity index (χ0) is 21.1. The number of rotatable bonds is 6. The average molecular weight is 444 g/mol. The van der Waals surface area contributed by atoms with Crippen molar-refractivity contribution < 1.29 is 13.6 Å². The van der Waals surface area contributed by atoms with Crippen molar-refractivity contribution in [3.05, 3.63) is 87.5 Å². The maximum absolute atomic E-state index is 13.2. The molecular formula is C21H15F2N3O2S2. The Hall–Kier alpha value is -3.04. The summed E-state index contributed by atoms with van der Waals surface area (Å²) in [6.07, 6.45) is 0. The van der Waals surface area contributed by atoms with Crippen LogP contribution in [0.5, 0.6) is 0 Å². The third-order valence-corrected chi connectivity index (χ3v) is 6.11. The molecule has 0 aliphatic carbocycles. The summed E-state index contributed by atoms with van der Waals surface area (Å²) in [4.78, 5) is 29.8. The standard InChI is InChI=1S/C21H15F2N3O2S2/c22-14-3-1-13(2-4-14)11-26-20(28)19-17(9-10-29-19)25-21(26)30-12-18(27)24-16-7-5-15(23)6-8-16/h1-10H,11-12H2,(H,24,27). The molecule has 0 aliphatic rings. The lowest BCUT2D eigenvalue weighted by Gasteiger charge is -2.12. The van der Waals surface area contributed by atoms with Crippen LogP contribution in [0.3, 0.4) is 0 Å². The van der Waals surface area contributed by atoms with Gasteiger partial charge in [0.05, 0.1) is 17.8 Å². The van der Waals surface area contributed by atoms with E-state index in [-0.39, 0.29) is 35.4 Å². The minimum atomic E-state index is -0.388. The van der Waals surface area contributed by atoms with Crippen LogP contribution in [0, 0.1) is 11.6 Å². The minimum absolute atomic E-state index is 0.0167. The van der Waals surface area contributed by atoms with E-state index in [1.54, 1.807) is 23.6 Å². The molecule has 1 amide bonds. The van der Waals surface area contributed by atoms with Crippen LogP contribution in [-0.2, 0) is 11.3 Å². The van der Waals surface area contributed by atoms with Crippen LogP contribution in [-0.4, -0.2) is 21.2 Å². The molecule has 2 aromatic carbocycles. The summed E-state index contributed by atoms with van der Waals surface area (Å²) in [5.41, 5.74) is 1.59. The van der Waals surface area contributed by atoms with Crippen molar-refractivity contribution >= 4 is 44.9 Å². The van der Waals surface area contributed by atoms with Gasteiger partial charge in [0.25, 0.3) is 5.56 Å². The second-order valence-corrected chi connectivity index (χ2v) is 8.25. The number of thioether (sulfide) groups is 1. The van der Waals surface area contributed by atoms with Gasteiger partial charge in [0.2, 0.25) is 5.91 Å². The first-order chi connectivity index (χ1) is 14.5. The molecule has 4 rings (SSSR count). The third-order valence-electron chi connectivity index (χ3n) is 4.25. The van der Waals surface area contributed by atoms with Gasteiger partial charge in [-0.15, -0.1) is 11.3 Å². The zero-order valence-electron chi connectivity index (χ0n) is 15.5. The molecule has 5 nitrogen and oxygen atoms in total. The zero-order valence-corrected chi connectivity index (χ0v) is 17.1. The van der Waals surface area contributed by atoms with E-state index in [0.29, 0.717) is 21.1 Å². The molecule has 2 heterocycles. The van der Waals surface area contributed by atoms with Crippen molar-refractivity contribution in [2.45, 2.75) is 11.7 Å². The fraction of sp³-hybridized carbons (Fsp3) is 0.0952. The van der Waals surface area contributed by atoms with Crippen molar-refractivity contribution in [3.63, 3.8) is 0 Å². The number of aromatic nitrogens is 2. The predicted octanol–water partition coefficient (Wildman–Crippen LogP) is 4.52. The number of hydrogen-bond acceptors (Lipinski definition) is 5. The molecule has 0 unspecified atom stereocenters. The first-order valence-corrected chi connectivity index (χ1v) is 10.8. The predicted molar refractivity (Wildman–Crippen MR) is 115 cm³/mol. The van der Waals surface area contributed by atoms with E-state index in [4.69, 9.17) is 0 Å². The smallest absolute Gasteiger partial charge is 0.272 e. The molecule has 0 spiro atoms. The Morgan fingerprint density at radius 3 is 2.40 bits per heavy atom. The second-order valence-electron chi connectivity index (χ2n) is 6.39. The fourth-order valence-corrected chi connectivity index (χ4v) is 4.38. The summed E-state index contributed by atoms with van der Waals surface area (Å²) in [6, 6.07) is 13.1. The molecule has 0 aliphatic heterocycles. The van der Waals surface area contributed by atoms with Crippen molar-refractivity contribution in [2.24, 2.45) is 0 Å². The van der Waals surface area contributed by atoms with Gasteiger partial charge >= 0.3 is 0 Å². The summed E-state index contributed by atoms with van der Waals surface area (Å²) in [6.45, 7) is 0.210. The number of nitrogens with one attached hydrogen (secondary N) is 1. The van der Waals surface area contributed by atoms with Crippen molar-refractivity contribution in [1.82, 2.24) is 9.55 Å². The van der Waals surface area contributed by atoms with E-state index in [0.717, 1.165) is 17.3 Å². The normalized spacial score (nSPS) is 11.0. The molecule has 0 bridgehead atoms. The number of halogens is 2. The van der Waals surface area contributed by atoms with Crippen molar-refractivity contribution in [2.75, 3.05) is 11.1 Å². The van der Waals surface area contributed by atoms with Crippen molar-refractivity contribution in [1.29, 1.82) is 0 Å². The van der Waals surface area contributed by atoms with Crippen molar-refractivity contribution in [3.8, 4) is 0 Å². The van der Waals surface area contributed by atoms with Crippen LogP contribution >= 0.6 is 23.1 Å². The molecule has 152 valence electrons. The third kappa shape index (κ3) is 4.58. The van der Waals surface area contributed by atoms with Gasteiger partial charge in [-0.2, -0.15) is 0 Å². The molecule has 1 N–H and O–H groups in total. The highest BCUT2D eigenvalue weighted by Gasteiger charge is 2.15. The van der Waals surface area contributed by atoms with Gasteiger partial charge in [0, 0.05) is 5.69 Å².